The van der Waals surface area contributed by atoms with Crippen LogP contribution in [-0.4, -0.2) is 29.7 Å². The lowest BCUT2D eigenvalue weighted by Gasteiger charge is -2.19. The molecule has 0 aliphatic carbocycles. The van der Waals surface area contributed by atoms with Gasteiger partial charge in [-0.3, -0.25) is 4.79 Å². The van der Waals surface area contributed by atoms with Crippen LogP contribution in [0.1, 0.15) is 27.6 Å². The summed E-state index contributed by atoms with van der Waals surface area (Å²) in [7, 11) is 0. The molecule has 5 heteroatoms. The highest BCUT2D eigenvalue weighted by Gasteiger charge is 2.22. The fourth-order valence-corrected chi connectivity index (χ4v) is 2.79. The Labute approximate surface area is 151 Å². The molecule has 5 nitrogen and oxygen atoms in total. The summed E-state index contributed by atoms with van der Waals surface area (Å²) >= 11 is 0. The van der Waals surface area contributed by atoms with Gasteiger partial charge in [-0.1, -0.05) is 42.5 Å². The Morgan fingerprint density at radius 1 is 1.00 bits per heavy atom. The van der Waals surface area contributed by atoms with E-state index in [0.717, 1.165) is 10.8 Å². The van der Waals surface area contributed by atoms with Gasteiger partial charge in [-0.15, -0.1) is 0 Å². The van der Waals surface area contributed by atoms with Gasteiger partial charge in [0.05, 0.1) is 5.56 Å². The molecule has 3 aromatic rings. The Balaban J connectivity index is 1.89. The summed E-state index contributed by atoms with van der Waals surface area (Å²) in [6.07, 6.45) is -0.860. The maximum Gasteiger partial charge on any atom is 0.335 e. The molecule has 0 aromatic heterocycles. The summed E-state index contributed by atoms with van der Waals surface area (Å²) in [5.41, 5.74) is 1.38. The minimum absolute atomic E-state index is 0.175. The van der Waals surface area contributed by atoms with Gasteiger partial charge in [0, 0.05) is 17.9 Å². The van der Waals surface area contributed by atoms with Crippen molar-refractivity contribution in [2.75, 3.05) is 11.9 Å². The van der Waals surface area contributed by atoms with E-state index in [-0.39, 0.29) is 11.3 Å². The van der Waals surface area contributed by atoms with Gasteiger partial charge in [-0.25, -0.2) is 4.79 Å². The number of rotatable bonds is 7. The summed E-state index contributed by atoms with van der Waals surface area (Å²) < 4.78 is 5.61. The van der Waals surface area contributed by atoms with Crippen molar-refractivity contribution in [1.29, 1.82) is 0 Å². The Morgan fingerprint density at radius 2 is 1.69 bits per heavy atom. The van der Waals surface area contributed by atoms with E-state index in [2.05, 4.69) is 5.32 Å². The normalized spacial score (nSPS) is 11.9. The highest BCUT2D eigenvalue weighted by molar-refractivity contribution is 6.10. The molecule has 0 amide bonds. The lowest BCUT2D eigenvalue weighted by Crippen LogP contribution is -2.32. The van der Waals surface area contributed by atoms with E-state index in [9.17, 15) is 9.59 Å². The molecule has 1 atom stereocenters. The second-order valence-corrected chi connectivity index (χ2v) is 5.75. The average Bonchev–Trinajstić information content (AvgIpc) is 2.67. The molecule has 0 spiro atoms. The van der Waals surface area contributed by atoms with Gasteiger partial charge in [0.2, 0.25) is 5.78 Å². The van der Waals surface area contributed by atoms with E-state index in [1.54, 1.807) is 18.2 Å². The van der Waals surface area contributed by atoms with E-state index in [0.29, 0.717) is 17.9 Å². The lowest BCUT2D eigenvalue weighted by atomic mass is 10.0. The zero-order chi connectivity index (χ0) is 18.5. The lowest BCUT2D eigenvalue weighted by molar-refractivity contribution is 0.0551. The third kappa shape index (κ3) is 3.73. The number of hydrogen-bond donors (Lipinski definition) is 2. The number of carbonyl (C=O) groups is 2. The van der Waals surface area contributed by atoms with Crippen molar-refractivity contribution in [2.24, 2.45) is 0 Å². The first-order valence-electron chi connectivity index (χ1n) is 8.33. The molecule has 3 rings (SSSR count). The fraction of sp³-hybridized carbons (Fsp3) is 0.143. The summed E-state index contributed by atoms with van der Waals surface area (Å²) in [6.45, 7) is 2.18. The Bertz CT molecular complexity index is 929. The number of fused-ring (bicyclic) bond motifs is 1. The number of carboxylic acid groups (broad SMARTS) is 1. The molecule has 2 N–H and O–H groups in total. The maximum absolute atomic E-state index is 13.0. The van der Waals surface area contributed by atoms with E-state index in [4.69, 9.17) is 9.84 Å². The number of ketones is 1. The summed E-state index contributed by atoms with van der Waals surface area (Å²) in [5, 5.41) is 13.9. The van der Waals surface area contributed by atoms with Gasteiger partial charge in [0.25, 0.3) is 0 Å². The number of carboxylic acids is 1. The standard InChI is InChI=1S/C21H19NO4/c1-2-26-20(22-16-12-10-15(11-13-16)21(24)25)19(23)18-9-5-7-14-6-3-4-8-17(14)18/h3-13,20,22H,2H2,1H3,(H,24,25). The second kappa shape index (κ2) is 7.80. The molecule has 0 fully saturated rings. The van der Waals surface area contributed by atoms with Gasteiger partial charge in [-0.2, -0.15) is 0 Å². The van der Waals surface area contributed by atoms with Crippen LogP contribution in [0.3, 0.4) is 0 Å². The number of aromatic carboxylic acids is 1. The largest absolute Gasteiger partial charge is 0.478 e. The highest BCUT2D eigenvalue weighted by Crippen LogP contribution is 2.21. The van der Waals surface area contributed by atoms with Crippen molar-refractivity contribution in [3.63, 3.8) is 0 Å². The second-order valence-electron chi connectivity index (χ2n) is 5.75. The van der Waals surface area contributed by atoms with E-state index in [1.807, 2.05) is 43.3 Å². The summed E-state index contributed by atoms with van der Waals surface area (Å²) in [6, 6.07) is 19.5. The van der Waals surface area contributed by atoms with Crippen LogP contribution in [0.25, 0.3) is 10.8 Å². The third-order valence-electron chi connectivity index (χ3n) is 4.06. The van der Waals surface area contributed by atoms with Gasteiger partial charge >= 0.3 is 5.97 Å². The molecule has 0 saturated carbocycles. The first kappa shape index (κ1) is 17.6. The van der Waals surface area contributed by atoms with Crippen LogP contribution in [0.15, 0.2) is 66.7 Å². The van der Waals surface area contributed by atoms with Crippen molar-refractivity contribution in [3.05, 3.63) is 77.9 Å². The molecule has 0 heterocycles. The SMILES string of the molecule is CCOC(Nc1ccc(C(=O)O)cc1)C(=O)c1cccc2ccccc12. The molecular weight excluding hydrogens is 330 g/mol. The Hall–Kier alpha value is -3.18. The number of carbonyl (C=O) groups excluding carboxylic acids is 1. The maximum atomic E-state index is 13.0. The minimum Gasteiger partial charge on any atom is -0.478 e. The molecule has 0 saturated heterocycles. The number of nitrogens with one attached hydrogen (secondary N) is 1. The molecule has 0 aliphatic heterocycles. The zero-order valence-corrected chi connectivity index (χ0v) is 14.3. The molecule has 0 radical (unpaired) electrons. The van der Waals surface area contributed by atoms with Crippen LogP contribution in [0.2, 0.25) is 0 Å². The monoisotopic (exact) mass is 349 g/mol. The van der Waals surface area contributed by atoms with Gasteiger partial charge in [-0.05, 0) is 42.0 Å². The Kier molecular flexibility index (Phi) is 5.29. The molecule has 0 aliphatic rings. The summed E-state index contributed by atoms with van der Waals surface area (Å²) in [4.78, 5) is 24.0. The van der Waals surface area contributed by atoms with E-state index >= 15 is 0 Å². The smallest absolute Gasteiger partial charge is 0.335 e. The summed E-state index contributed by atoms with van der Waals surface area (Å²) in [5.74, 6) is -1.17. The van der Waals surface area contributed by atoms with E-state index in [1.165, 1.54) is 12.1 Å². The zero-order valence-electron chi connectivity index (χ0n) is 14.3. The quantitative estimate of drug-likeness (QED) is 0.494. The van der Waals surface area contributed by atoms with Gasteiger partial charge in [0.1, 0.15) is 0 Å². The first-order valence-corrected chi connectivity index (χ1v) is 8.33. The molecule has 1 unspecified atom stereocenters. The van der Waals surface area contributed by atoms with Crippen molar-refractivity contribution < 1.29 is 19.4 Å². The topological polar surface area (TPSA) is 75.6 Å². The molecule has 0 bridgehead atoms. The first-order chi connectivity index (χ1) is 12.6. The Morgan fingerprint density at radius 3 is 2.38 bits per heavy atom. The van der Waals surface area contributed by atoms with Crippen LogP contribution in [0.4, 0.5) is 5.69 Å². The number of hydrogen-bond acceptors (Lipinski definition) is 4. The van der Waals surface area contributed by atoms with E-state index < -0.39 is 12.2 Å². The predicted octanol–water partition coefficient (Wildman–Crippen LogP) is 4.20. The van der Waals surface area contributed by atoms with Crippen LogP contribution in [-0.2, 0) is 4.74 Å². The molecule has 132 valence electrons. The van der Waals surface area contributed by atoms with Crippen molar-refractivity contribution in [2.45, 2.75) is 13.2 Å². The molecule has 3 aromatic carbocycles. The minimum atomic E-state index is -0.996. The van der Waals surface area contributed by atoms with Crippen LogP contribution in [0, 0.1) is 0 Å². The number of benzene rings is 3. The molecule has 26 heavy (non-hydrogen) atoms. The predicted molar refractivity (Wildman–Crippen MR) is 101 cm³/mol. The van der Waals surface area contributed by atoms with Crippen molar-refractivity contribution in [1.82, 2.24) is 0 Å². The fourth-order valence-electron chi connectivity index (χ4n) is 2.79. The van der Waals surface area contributed by atoms with Crippen LogP contribution in [0.5, 0.6) is 0 Å². The highest BCUT2D eigenvalue weighted by atomic mass is 16.5. The van der Waals surface area contributed by atoms with Crippen molar-refractivity contribution in [3.8, 4) is 0 Å². The van der Waals surface area contributed by atoms with Gasteiger partial charge < -0.3 is 15.2 Å². The van der Waals surface area contributed by atoms with Crippen LogP contribution >= 0.6 is 0 Å². The number of anilines is 1. The van der Waals surface area contributed by atoms with Crippen LogP contribution < -0.4 is 5.32 Å². The van der Waals surface area contributed by atoms with Crippen molar-refractivity contribution >= 4 is 28.2 Å². The third-order valence-corrected chi connectivity index (χ3v) is 4.06. The average molecular weight is 349 g/mol. The molecular formula is C21H19NO4. The number of ether oxygens (including phenoxy) is 1. The van der Waals surface area contributed by atoms with Gasteiger partial charge in [0.15, 0.2) is 6.23 Å². The number of Topliss-reactive ketones (excluding diaryl/α,β-unsaturated/α-hetero) is 1.